The van der Waals surface area contributed by atoms with Crippen molar-refractivity contribution in [1.29, 1.82) is 0 Å². The first-order valence-corrected chi connectivity index (χ1v) is 10.5. The molecule has 3 aromatic rings. The molecule has 0 spiro atoms. The van der Waals surface area contributed by atoms with Crippen LogP contribution in [0, 0.1) is 19.8 Å². The van der Waals surface area contributed by atoms with Crippen LogP contribution in [0.15, 0.2) is 47.0 Å². The molecule has 2 aromatic carbocycles. The van der Waals surface area contributed by atoms with E-state index in [1.165, 1.54) is 11.1 Å². The van der Waals surface area contributed by atoms with Gasteiger partial charge in [-0.05, 0) is 61.9 Å². The van der Waals surface area contributed by atoms with Crippen LogP contribution < -0.4 is 10.1 Å². The zero-order chi connectivity index (χ0) is 21.7. The van der Waals surface area contributed by atoms with E-state index in [-0.39, 0.29) is 5.91 Å². The van der Waals surface area contributed by atoms with Gasteiger partial charge in [-0.15, -0.1) is 0 Å². The van der Waals surface area contributed by atoms with Gasteiger partial charge in [0.1, 0.15) is 12.4 Å². The molecule has 1 N–H and O–H groups in total. The van der Waals surface area contributed by atoms with Gasteiger partial charge in [-0.25, -0.2) is 0 Å². The second-order valence-electron chi connectivity index (χ2n) is 7.99. The molecule has 0 aliphatic rings. The van der Waals surface area contributed by atoms with Crippen molar-refractivity contribution in [2.45, 2.75) is 47.6 Å². The van der Waals surface area contributed by atoms with Gasteiger partial charge in [-0.2, -0.15) is 0 Å². The number of aromatic nitrogens is 1. The maximum atomic E-state index is 12.3. The molecular weight excluding hydrogens is 376 g/mol. The molecule has 158 valence electrons. The number of hydrogen-bond donors (Lipinski definition) is 1. The summed E-state index contributed by atoms with van der Waals surface area (Å²) in [5, 5.41) is 6.82. The monoisotopic (exact) mass is 406 g/mol. The first-order chi connectivity index (χ1) is 14.4. The summed E-state index contributed by atoms with van der Waals surface area (Å²) in [6.45, 7) is 11.2. The van der Waals surface area contributed by atoms with E-state index in [2.05, 4.69) is 43.4 Å². The van der Waals surface area contributed by atoms with E-state index >= 15 is 0 Å². The van der Waals surface area contributed by atoms with Crippen LogP contribution in [0.1, 0.15) is 53.5 Å². The number of amides is 1. The minimum atomic E-state index is -0.230. The largest absolute Gasteiger partial charge is 0.488 e. The van der Waals surface area contributed by atoms with Gasteiger partial charge in [-0.1, -0.05) is 49.3 Å². The van der Waals surface area contributed by atoms with Crippen LogP contribution in [0.2, 0.25) is 0 Å². The molecule has 0 unspecified atom stereocenters. The molecule has 0 atom stereocenters. The van der Waals surface area contributed by atoms with Gasteiger partial charge in [0.15, 0.2) is 11.5 Å². The van der Waals surface area contributed by atoms with Crippen molar-refractivity contribution in [3.05, 3.63) is 70.4 Å². The summed E-state index contributed by atoms with van der Waals surface area (Å²) >= 11 is 0. The second kappa shape index (κ2) is 9.61. The van der Waals surface area contributed by atoms with Gasteiger partial charge in [0.25, 0.3) is 5.91 Å². The van der Waals surface area contributed by atoms with Crippen LogP contribution in [0.5, 0.6) is 5.75 Å². The quantitative estimate of drug-likeness (QED) is 0.537. The molecule has 5 heteroatoms. The van der Waals surface area contributed by atoms with E-state index in [9.17, 15) is 4.79 Å². The standard InChI is InChI=1S/C25H30N2O3/c1-6-26-25(28)23-18(5)24(30-27-23)21-14-20(12-16(2)3)17(4)13-22(21)29-15-19-10-8-7-9-11-19/h7-11,13-14,16H,6,12,15H2,1-5H3,(H,26,28). The number of aryl methyl sites for hydroxylation is 1. The number of benzene rings is 2. The highest BCUT2D eigenvalue weighted by Crippen LogP contribution is 2.37. The number of carbonyl (C=O) groups is 1. The lowest BCUT2D eigenvalue weighted by atomic mass is 9.94. The molecular formula is C25H30N2O3. The minimum Gasteiger partial charge on any atom is -0.488 e. The molecule has 3 rings (SSSR count). The summed E-state index contributed by atoms with van der Waals surface area (Å²) in [7, 11) is 0. The predicted molar refractivity (Wildman–Crippen MR) is 119 cm³/mol. The predicted octanol–water partition coefficient (Wildman–Crippen LogP) is 5.49. The molecule has 0 bridgehead atoms. The fourth-order valence-electron chi connectivity index (χ4n) is 3.46. The molecule has 0 saturated carbocycles. The van der Waals surface area contributed by atoms with Gasteiger partial charge >= 0.3 is 0 Å². The third-order valence-electron chi connectivity index (χ3n) is 5.02. The van der Waals surface area contributed by atoms with Crippen LogP contribution in [0.4, 0.5) is 0 Å². The Balaban J connectivity index is 2.02. The molecule has 0 aliphatic carbocycles. The Morgan fingerprint density at radius 2 is 1.90 bits per heavy atom. The van der Waals surface area contributed by atoms with Crippen molar-refractivity contribution in [3.63, 3.8) is 0 Å². The lowest BCUT2D eigenvalue weighted by molar-refractivity contribution is 0.0946. The Hall–Kier alpha value is -3.08. The highest BCUT2D eigenvalue weighted by atomic mass is 16.5. The van der Waals surface area contributed by atoms with Crippen molar-refractivity contribution in [2.75, 3.05) is 6.54 Å². The smallest absolute Gasteiger partial charge is 0.273 e. The maximum Gasteiger partial charge on any atom is 0.273 e. The Labute approximate surface area is 178 Å². The Bertz CT molecular complexity index is 1010. The van der Waals surface area contributed by atoms with Gasteiger partial charge < -0.3 is 14.6 Å². The Morgan fingerprint density at radius 1 is 1.17 bits per heavy atom. The average Bonchev–Trinajstić information content (AvgIpc) is 3.10. The van der Waals surface area contributed by atoms with Crippen molar-refractivity contribution in [3.8, 4) is 17.1 Å². The maximum absolute atomic E-state index is 12.3. The van der Waals surface area contributed by atoms with E-state index < -0.39 is 0 Å². The van der Waals surface area contributed by atoms with E-state index in [1.807, 2.05) is 44.2 Å². The molecule has 1 aromatic heterocycles. The van der Waals surface area contributed by atoms with E-state index in [0.29, 0.717) is 36.1 Å². The second-order valence-corrected chi connectivity index (χ2v) is 7.99. The zero-order valence-electron chi connectivity index (χ0n) is 18.4. The van der Waals surface area contributed by atoms with Gasteiger partial charge in [-0.3, -0.25) is 4.79 Å². The topological polar surface area (TPSA) is 64.4 Å². The summed E-state index contributed by atoms with van der Waals surface area (Å²) in [5.74, 6) is 1.59. The zero-order valence-corrected chi connectivity index (χ0v) is 18.4. The van der Waals surface area contributed by atoms with Crippen LogP contribution >= 0.6 is 0 Å². The molecule has 0 fully saturated rings. The number of ether oxygens (including phenoxy) is 1. The van der Waals surface area contributed by atoms with Crippen molar-refractivity contribution in [2.24, 2.45) is 5.92 Å². The SMILES string of the molecule is CCNC(=O)c1noc(-c2cc(CC(C)C)c(C)cc2OCc2ccccc2)c1C. The van der Waals surface area contributed by atoms with Gasteiger partial charge in [0, 0.05) is 12.1 Å². The first kappa shape index (κ1) is 21.6. The highest BCUT2D eigenvalue weighted by molar-refractivity contribution is 5.95. The van der Waals surface area contributed by atoms with Crippen molar-refractivity contribution >= 4 is 5.91 Å². The van der Waals surface area contributed by atoms with Crippen LogP contribution in [-0.2, 0) is 13.0 Å². The van der Waals surface area contributed by atoms with Crippen LogP contribution in [0.3, 0.4) is 0 Å². The fourth-order valence-corrected chi connectivity index (χ4v) is 3.46. The Morgan fingerprint density at radius 3 is 2.57 bits per heavy atom. The first-order valence-electron chi connectivity index (χ1n) is 10.5. The number of nitrogens with zero attached hydrogens (tertiary/aromatic N) is 1. The van der Waals surface area contributed by atoms with Gasteiger partial charge in [0.05, 0.1) is 5.56 Å². The normalized spacial score (nSPS) is 11.0. The summed E-state index contributed by atoms with van der Waals surface area (Å²) < 4.78 is 11.9. The number of nitrogens with one attached hydrogen (secondary N) is 1. The van der Waals surface area contributed by atoms with E-state index in [4.69, 9.17) is 9.26 Å². The molecule has 30 heavy (non-hydrogen) atoms. The summed E-state index contributed by atoms with van der Waals surface area (Å²) in [5.41, 5.74) is 5.35. The number of carbonyl (C=O) groups excluding carboxylic acids is 1. The lowest BCUT2D eigenvalue weighted by Crippen LogP contribution is -2.23. The van der Waals surface area contributed by atoms with E-state index in [1.54, 1.807) is 0 Å². The summed E-state index contributed by atoms with van der Waals surface area (Å²) in [4.78, 5) is 12.3. The average molecular weight is 407 g/mol. The number of rotatable bonds is 8. The van der Waals surface area contributed by atoms with Crippen LogP contribution in [-0.4, -0.2) is 17.6 Å². The van der Waals surface area contributed by atoms with E-state index in [0.717, 1.165) is 23.3 Å². The molecule has 5 nitrogen and oxygen atoms in total. The van der Waals surface area contributed by atoms with Gasteiger partial charge in [0.2, 0.25) is 0 Å². The number of hydrogen-bond acceptors (Lipinski definition) is 4. The molecule has 1 heterocycles. The van der Waals surface area contributed by atoms with Crippen LogP contribution in [0.25, 0.3) is 11.3 Å². The van der Waals surface area contributed by atoms with Crippen molar-refractivity contribution < 1.29 is 14.1 Å². The third kappa shape index (κ3) is 4.90. The summed E-state index contributed by atoms with van der Waals surface area (Å²) in [6.07, 6.45) is 0.953. The minimum absolute atomic E-state index is 0.230. The lowest BCUT2D eigenvalue weighted by Gasteiger charge is -2.16. The summed E-state index contributed by atoms with van der Waals surface area (Å²) in [6, 6.07) is 14.2. The fraction of sp³-hybridized carbons (Fsp3) is 0.360. The van der Waals surface area contributed by atoms with Crippen molar-refractivity contribution in [1.82, 2.24) is 10.5 Å². The third-order valence-corrected chi connectivity index (χ3v) is 5.02. The molecule has 0 radical (unpaired) electrons. The molecule has 0 aliphatic heterocycles. The Kier molecular flexibility index (Phi) is 6.93. The highest BCUT2D eigenvalue weighted by Gasteiger charge is 2.23. The molecule has 1 amide bonds. The molecule has 0 saturated heterocycles.